The molecule has 21 heavy (non-hydrogen) atoms. The Morgan fingerprint density at radius 3 is 2.86 bits per heavy atom. The molecule has 0 aliphatic carbocycles. The van der Waals surface area contributed by atoms with Gasteiger partial charge in [-0.25, -0.2) is 4.63 Å². The molecule has 0 bridgehead atoms. The predicted molar refractivity (Wildman–Crippen MR) is 74.6 cm³/mol. The Morgan fingerprint density at radius 2 is 2.14 bits per heavy atom. The molecule has 3 rings (SSSR count). The van der Waals surface area contributed by atoms with E-state index in [9.17, 15) is 4.79 Å². The largest absolute Gasteiger partial charge is 0.379 e. The lowest BCUT2D eigenvalue weighted by Crippen LogP contribution is -2.37. The van der Waals surface area contributed by atoms with E-state index in [1.807, 2.05) is 0 Å². The Balaban J connectivity index is 1.55. The number of rotatable bonds is 3. The summed E-state index contributed by atoms with van der Waals surface area (Å²) in [6.07, 6.45) is 3.58. The highest BCUT2D eigenvalue weighted by atomic mass is 16.6. The Labute approximate surface area is 123 Å². The van der Waals surface area contributed by atoms with E-state index in [4.69, 9.17) is 10.5 Å². The van der Waals surface area contributed by atoms with Crippen LogP contribution in [0.2, 0.25) is 0 Å². The third kappa shape index (κ3) is 3.33. The number of anilines is 1. The van der Waals surface area contributed by atoms with Crippen LogP contribution in [0.15, 0.2) is 4.63 Å². The van der Waals surface area contributed by atoms with Gasteiger partial charge in [-0.1, -0.05) is 0 Å². The van der Waals surface area contributed by atoms with Crippen LogP contribution in [0.1, 0.15) is 29.8 Å². The fourth-order valence-corrected chi connectivity index (χ4v) is 2.93. The van der Waals surface area contributed by atoms with Gasteiger partial charge in [0.05, 0.1) is 6.10 Å². The summed E-state index contributed by atoms with van der Waals surface area (Å²) >= 11 is 0. The van der Waals surface area contributed by atoms with Gasteiger partial charge < -0.3 is 15.4 Å². The van der Waals surface area contributed by atoms with Crippen molar-refractivity contribution in [3.8, 4) is 0 Å². The summed E-state index contributed by atoms with van der Waals surface area (Å²) in [4.78, 5) is 16.5. The Hall–Kier alpha value is -1.67. The van der Waals surface area contributed by atoms with E-state index >= 15 is 0 Å². The number of carbonyl (C=O) groups excluding carboxylic acids is 1. The molecule has 116 valence electrons. The number of hydrogen-bond acceptors (Lipinski definition) is 7. The number of ether oxygens (including phenoxy) is 1. The molecule has 2 N–H and O–H groups in total. The van der Waals surface area contributed by atoms with E-state index in [1.165, 1.54) is 0 Å². The van der Waals surface area contributed by atoms with Gasteiger partial charge >= 0.3 is 0 Å². The zero-order valence-corrected chi connectivity index (χ0v) is 12.0. The molecule has 0 spiro atoms. The van der Waals surface area contributed by atoms with Crippen LogP contribution in [0.4, 0.5) is 5.82 Å². The smallest absolute Gasteiger partial charge is 0.280 e. The van der Waals surface area contributed by atoms with E-state index in [2.05, 4.69) is 19.8 Å². The molecule has 1 aromatic heterocycles. The van der Waals surface area contributed by atoms with Crippen molar-refractivity contribution in [3.63, 3.8) is 0 Å². The summed E-state index contributed by atoms with van der Waals surface area (Å²) < 4.78 is 10.2. The van der Waals surface area contributed by atoms with Crippen molar-refractivity contribution in [2.75, 3.05) is 45.1 Å². The molecule has 2 saturated heterocycles. The van der Waals surface area contributed by atoms with Gasteiger partial charge in [0.1, 0.15) is 0 Å². The first-order valence-corrected chi connectivity index (χ1v) is 7.45. The maximum absolute atomic E-state index is 12.3. The zero-order valence-electron chi connectivity index (χ0n) is 12.0. The highest BCUT2D eigenvalue weighted by molar-refractivity contribution is 5.96. The monoisotopic (exact) mass is 295 g/mol. The zero-order chi connectivity index (χ0) is 14.7. The molecule has 1 aromatic rings. The van der Waals surface area contributed by atoms with Crippen molar-refractivity contribution in [2.45, 2.75) is 25.4 Å². The SMILES string of the molecule is Nc1nonc1C(=O)N1CCCN(CC2CCCO2)CC1. The molecule has 2 fully saturated rings. The summed E-state index contributed by atoms with van der Waals surface area (Å²) in [6, 6.07) is 0. The number of nitrogen functional groups attached to an aromatic ring is 1. The highest BCUT2D eigenvalue weighted by Crippen LogP contribution is 2.16. The predicted octanol–water partition coefficient (Wildman–Crippen LogP) is -0.0213. The first kappa shape index (κ1) is 14.3. The summed E-state index contributed by atoms with van der Waals surface area (Å²) in [7, 11) is 0. The lowest BCUT2D eigenvalue weighted by molar-refractivity contribution is 0.0699. The number of carbonyl (C=O) groups is 1. The van der Waals surface area contributed by atoms with E-state index in [1.54, 1.807) is 4.90 Å². The molecule has 2 aliphatic rings. The van der Waals surface area contributed by atoms with Crippen molar-refractivity contribution < 1.29 is 14.2 Å². The van der Waals surface area contributed by atoms with Crippen LogP contribution in [0.5, 0.6) is 0 Å². The minimum atomic E-state index is -0.201. The topological polar surface area (TPSA) is 97.7 Å². The van der Waals surface area contributed by atoms with Crippen LogP contribution < -0.4 is 5.73 Å². The van der Waals surface area contributed by atoms with Crippen LogP contribution >= 0.6 is 0 Å². The molecule has 1 atom stereocenters. The Morgan fingerprint density at radius 1 is 1.24 bits per heavy atom. The number of nitrogens with two attached hydrogens (primary N) is 1. The molecule has 3 heterocycles. The Bertz CT molecular complexity index is 486. The molecule has 8 heteroatoms. The molecule has 0 saturated carbocycles. The summed E-state index contributed by atoms with van der Waals surface area (Å²) in [5.41, 5.74) is 5.70. The van der Waals surface area contributed by atoms with Gasteiger partial charge in [0, 0.05) is 32.8 Å². The second-order valence-corrected chi connectivity index (χ2v) is 5.58. The normalized spacial score (nSPS) is 24.2. The molecule has 1 unspecified atom stereocenters. The van der Waals surface area contributed by atoms with Gasteiger partial charge in [0.25, 0.3) is 5.91 Å². The maximum Gasteiger partial charge on any atom is 0.280 e. The van der Waals surface area contributed by atoms with Crippen molar-refractivity contribution in [1.82, 2.24) is 20.1 Å². The molecular formula is C13H21N5O3. The summed E-state index contributed by atoms with van der Waals surface area (Å²) in [5.74, 6) is -0.145. The summed E-state index contributed by atoms with van der Waals surface area (Å²) in [5, 5.41) is 7.04. The van der Waals surface area contributed by atoms with Crippen LogP contribution in [0.25, 0.3) is 0 Å². The average molecular weight is 295 g/mol. The van der Waals surface area contributed by atoms with Crippen molar-refractivity contribution in [3.05, 3.63) is 5.69 Å². The van der Waals surface area contributed by atoms with Crippen molar-refractivity contribution >= 4 is 11.7 Å². The fourth-order valence-electron chi connectivity index (χ4n) is 2.93. The Kier molecular flexibility index (Phi) is 4.35. The minimum absolute atomic E-state index is 0.0560. The van der Waals surface area contributed by atoms with E-state index in [0.717, 1.165) is 45.5 Å². The van der Waals surface area contributed by atoms with Gasteiger partial charge in [-0.15, -0.1) is 0 Å². The molecule has 1 amide bonds. The van der Waals surface area contributed by atoms with Gasteiger partial charge in [-0.05, 0) is 36.1 Å². The fraction of sp³-hybridized carbons (Fsp3) is 0.769. The molecule has 0 aromatic carbocycles. The number of hydrogen-bond donors (Lipinski definition) is 1. The van der Waals surface area contributed by atoms with Crippen molar-refractivity contribution in [1.29, 1.82) is 0 Å². The van der Waals surface area contributed by atoms with Gasteiger partial charge in [0.15, 0.2) is 0 Å². The second-order valence-electron chi connectivity index (χ2n) is 5.58. The maximum atomic E-state index is 12.3. The van der Waals surface area contributed by atoms with Gasteiger partial charge in [-0.2, -0.15) is 0 Å². The molecule has 2 aliphatic heterocycles. The third-order valence-electron chi connectivity index (χ3n) is 4.08. The van der Waals surface area contributed by atoms with Crippen molar-refractivity contribution in [2.24, 2.45) is 0 Å². The lowest BCUT2D eigenvalue weighted by Gasteiger charge is -2.23. The number of aromatic nitrogens is 2. The molecule has 0 radical (unpaired) electrons. The van der Waals surface area contributed by atoms with E-state index in [0.29, 0.717) is 19.2 Å². The third-order valence-corrected chi connectivity index (χ3v) is 4.08. The highest BCUT2D eigenvalue weighted by Gasteiger charge is 2.26. The summed E-state index contributed by atoms with van der Waals surface area (Å²) in [6.45, 7) is 5.02. The van der Waals surface area contributed by atoms with E-state index in [-0.39, 0.29) is 17.4 Å². The lowest BCUT2D eigenvalue weighted by atomic mass is 10.2. The van der Waals surface area contributed by atoms with Gasteiger partial charge in [-0.3, -0.25) is 9.69 Å². The van der Waals surface area contributed by atoms with Crippen LogP contribution in [0, 0.1) is 0 Å². The number of amides is 1. The van der Waals surface area contributed by atoms with Crippen LogP contribution in [0.3, 0.4) is 0 Å². The molecular weight excluding hydrogens is 274 g/mol. The quantitative estimate of drug-likeness (QED) is 0.836. The molecule has 8 nitrogen and oxygen atoms in total. The van der Waals surface area contributed by atoms with Gasteiger partial charge in [0.2, 0.25) is 11.5 Å². The van der Waals surface area contributed by atoms with Crippen LogP contribution in [-0.2, 0) is 4.74 Å². The standard InChI is InChI=1S/C13H21N5O3/c14-12-11(15-21-16-12)13(19)18-5-2-4-17(6-7-18)9-10-3-1-8-20-10/h10H,1-9H2,(H2,14,16). The first-order valence-electron chi connectivity index (χ1n) is 7.45. The van der Waals surface area contributed by atoms with Crippen LogP contribution in [-0.4, -0.2) is 71.5 Å². The van der Waals surface area contributed by atoms with E-state index < -0.39 is 0 Å². The minimum Gasteiger partial charge on any atom is -0.379 e. The average Bonchev–Trinajstić information content (AvgIpc) is 3.07. The second kappa shape index (κ2) is 6.40. The number of nitrogens with zero attached hydrogens (tertiary/aromatic N) is 4. The first-order chi connectivity index (χ1) is 10.2.